The summed E-state index contributed by atoms with van der Waals surface area (Å²) in [6.45, 7) is 1.56. The van der Waals surface area contributed by atoms with Crippen LogP contribution in [0.15, 0.2) is 0 Å². The molecule has 1 saturated carbocycles. The molecule has 3 nitrogen and oxygen atoms in total. The van der Waals surface area contributed by atoms with Crippen molar-refractivity contribution in [3.05, 3.63) is 0 Å². The van der Waals surface area contributed by atoms with Gasteiger partial charge in [0.15, 0.2) is 0 Å². The van der Waals surface area contributed by atoms with Gasteiger partial charge in [0, 0.05) is 31.3 Å². The lowest BCUT2D eigenvalue weighted by Gasteiger charge is -2.24. The van der Waals surface area contributed by atoms with Gasteiger partial charge in [-0.2, -0.15) is 0 Å². The number of carbonyl (C=O) groups excluding carboxylic acids is 1. The maximum Gasteiger partial charge on any atom is 0.248 e. The molecule has 1 saturated heterocycles. The molecule has 1 aliphatic carbocycles. The molecule has 5 heteroatoms. The van der Waals surface area contributed by atoms with Gasteiger partial charge in [-0.15, -0.1) is 0 Å². The van der Waals surface area contributed by atoms with E-state index in [1.165, 1.54) is 12.8 Å². The van der Waals surface area contributed by atoms with Gasteiger partial charge in [0.1, 0.15) is 0 Å². The van der Waals surface area contributed by atoms with Crippen molar-refractivity contribution in [1.29, 1.82) is 0 Å². The average molecular weight is 246 g/mol. The van der Waals surface area contributed by atoms with Gasteiger partial charge in [0.2, 0.25) is 11.8 Å². The molecule has 1 amide bonds. The first-order chi connectivity index (χ1) is 8.07. The zero-order chi connectivity index (χ0) is 12.3. The molecule has 0 bridgehead atoms. The second-order valence-electron chi connectivity index (χ2n) is 5.19. The summed E-state index contributed by atoms with van der Waals surface area (Å²) < 4.78 is 25.9. The van der Waals surface area contributed by atoms with E-state index in [2.05, 4.69) is 10.6 Å². The van der Waals surface area contributed by atoms with Crippen molar-refractivity contribution in [2.75, 3.05) is 13.1 Å². The SMILES string of the molecule is O=C(NCC1CCCCN1)C1CCC(F)(F)C1. The number of carbonyl (C=O) groups is 1. The molecule has 2 atom stereocenters. The highest BCUT2D eigenvalue weighted by atomic mass is 19.3. The smallest absolute Gasteiger partial charge is 0.248 e. The summed E-state index contributed by atoms with van der Waals surface area (Å²) in [7, 11) is 0. The quantitative estimate of drug-likeness (QED) is 0.795. The van der Waals surface area contributed by atoms with Crippen LogP contribution >= 0.6 is 0 Å². The van der Waals surface area contributed by atoms with E-state index in [9.17, 15) is 13.6 Å². The summed E-state index contributed by atoms with van der Waals surface area (Å²) in [5, 5.41) is 6.12. The fourth-order valence-electron chi connectivity index (χ4n) is 2.64. The van der Waals surface area contributed by atoms with Gasteiger partial charge in [-0.05, 0) is 25.8 Å². The van der Waals surface area contributed by atoms with Gasteiger partial charge < -0.3 is 10.6 Å². The van der Waals surface area contributed by atoms with E-state index >= 15 is 0 Å². The number of hydrogen-bond donors (Lipinski definition) is 2. The van der Waals surface area contributed by atoms with E-state index < -0.39 is 11.8 Å². The molecule has 17 heavy (non-hydrogen) atoms. The van der Waals surface area contributed by atoms with Crippen LogP contribution in [0.1, 0.15) is 38.5 Å². The largest absolute Gasteiger partial charge is 0.354 e. The number of piperidine rings is 1. The fraction of sp³-hybridized carbons (Fsp3) is 0.917. The first kappa shape index (κ1) is 12.7. The Balaban J connectivity index is 1.70. The first-order valence-corrected chi connectivity index (χ1v) is 6.46. The van der Waals surface area contributed by atoms with Crippen molar-refractivity contribution in [2.45, 2.75) is 50.5 Å². The summed E-state index contributed by atoms with van der Waals surface area (Å²) in [6.07, 6.45) is 3.30. The standard InChI is InChI=1S/C12H20F2N2O/c13-12(14)5-4-9(7-12)11(17)16-8-10-3-1-2-6-15-10/h9-10,15H,1-8H2,(H,16,17). The van der Waals surface area contributed by atoms with E-state index in [4.69, 9.17) is 0 Å². The molecule has 2 aliphatic rings. The number of alkyl halides is 2. The summed E-state index contributed by atoms with van der Waals surface area (Å²) in [6, 6.07) is 0.314. The zero-order valence-corrected chi connectivity index (χ0v) is 9.98. The molecule has 0 spiro atoms. The van der Waals surface area contributed by atoms with Crippen LogP contribution in [-0.4, -0.2) is 31.0 Å². The molecule has 0 aromatic carbocycles. The van der Waals surface area contributed by atoms with Crippen LogP contribution in [0.5, 0.6) is 0 Å². The molecule has 0 aromatic heterocycles. The normalized spacial score (nSPS) is 32.4. The van der Waals surface area contributed by atoms with Gasteiger partial charge in [0.25, 0.3) is 0 Å². The van der Waals surface area contributed by atoms with Crippen LogP contribution in [0.3, 0.4) is 0 Å². The Morgan fingerprint density at radius 1 is 1.35 bits per heavy atom. The Morgan fingerprint density at radius 3 is 2.76 bits per heavy atom. The monoisotopic (exact) mass is 246 g/mol. The third kappa shape index (κ3) is 3.63. The van der Waals surface area contributed by atoms with E-state index in [1.807, 2.05) is 0 Å². The molecule has 98 valence electrons. The molecule has 2 unspecified atom stereocenters. The van der Waals surface area contributed by atoms with Gasteiger partial charge >= 0.3 is 0 Å². The predicted molar refractivity (Wildman–Crippen MR) is 60.9 cm³/mol. The van der Waals surface area contributed by atoms with Crippen LogP contribution in [0.4, 0.5) is 8.78 Å². The molecular formula is C12H20F2N2O. The van der Waals surface area contributed by atoms with Gasteiger partial charge in [0.05, 0.1) is 0 Å². The highest BCUT2D eigenvalue weighted by Gasteiger charge is 2.42. The molecule has 1 aliphatic heterocycles. The van der Waals surface area contributed by atoms with Crippen LogP contribution in [0, 0.1) is 5.92 Å². The third-order valence-electron chi connectivity index (χ3n) is 3.71. The number of halogens is 2. The minimum absolute atomic E-state index is 0.146. The molecule has 2 N–H and O–H groups in total. The van der Waals surface area contributed by atoms with Crippen molar-refractivity contribution in [2.24, 2.45) is 5.92 Å². The van der Waals surface area contributed by atoms with E-state index in [1.54, 1.807) is 0 Å². The summed E-state index contributed by atoms with van der Waals surface area (Å²) in [5.41, 5.74) is 0. The molecular weight excluding hydrogens is 226 g/mol. The van der Waals surface area contributed by atoms with Crippen molar-refractivity contribution in [3.8, 4) is 0 Å². The highest BCUT2D eigenvalue weighted by Crippen LogP contribution is 2.38. The lowest BCUT2D eigenvalue weighted by molar-refractivity contribution is -0.125. The Morgan fingerprint density at radius 2 is 2.18 bits per heavy atom. The Hall–Kier alpha value is -0.710. The number of nitrogens with one attached hydrogen (secondary N) is 2. The van der Waals surface area contributed by atoms with Crippen LogP contribution in [0.25, 0.3) is 0 Å². The van der Waals surface area contributed by atoms with Crippen molar-refractivity contribution in [3.63, 3.8) is 0 Å². The minimum atomic E-state index is -2.63. The van der Waals surface area contributed by atoms with Crippen LogP contribution in [-0.2, 0) is 4.79 Å². The summed E-state index contributed by atoms with van der Waals surface area (Å²) in [4.78, 5) is 11.7. The lowest BCUT2D eigenvalue weighted by Crippen LogP contribution is -2.44. The molecule has 2 fully saturated rings. The van der Waals surface area contributed by atoms with E-state index in [0.29, 0.717) is 19.0 Å². The minimum Gasteiger partial charge on any atom is -0.354 e. The number of amides is 1. The molecule has 1 heterocycles. The molecule has 0 aromatic rings. The second kappa shape index (κ2) is 5.29. The topological polar surface area (TPSA) is 41.1 Å². The van der Waals surface area contributed by atoms with Crippen molar-refractivity contribution < 1.29 is 13.6 Å². The summed E-state index contributed by atoms with van der Waals surface area (Å²) >= 11 is 0. The Kier molecular flexibility index (Phi) is 3.97. The zero-order valence-electron chi connectivity index (χ0n) is 9.98. The third-order valence-corrected chi connectivity index (χ3v) is 3.71. The fourth-order valence-corrected chi connectivity index (χ4v) is 2.64. The van der Waals surface area contributed by atoms with Gasteiger partial charge in [-0.1, -0.05) is 6.42 Å². The maximum absolute atomic E-state index is 13.0. The van der Waals surface area contributed by atoms with Crippen LogP contribution < -0.4 is 10.6 Å². The summed E-state index contributed by atoms with van der Waals surface area (Å²) in [5.74, 6) is -3.33. The Bertz CT molecular complexity index is 278. The highest BCUT2D eigenvalue weighted by molar-refractivity contribution is 5.79. The van der Waals surface area contributed by atoms with Gasteiger partial charge in [-0.3, -0.25) is 4.79 Å². The molecule has 0 radical (unpaired) electrons. The second-order valence-corrected chi connectivity index (χ2v) is 5.19. The van der Waals surface area contributed by atoms with Crippen molar-refractivity contribution in [1.82, 2.24) is 10.6 Å². The van der Waals surface area contributed by atoms with E-state index in [0.717, 1.165) is 13.0 Å². The van der Waals surface area contributed by atoms with Gasteiger partial charge in [-0.25, -0.2) is 8.78 Å². The first-order valence-electron chi connectivity index (χ1n) is 6.46. The predicted octanol–water partition coefficient (Wildman–Crippen LogP) is 1.68. The number of hydrogen-bond acceptors (Lipinski definition) is 2. The van der Waals surface area contributed by atoms with E-state index in [-0.39, 0.29) is 18.7 Å². The van der Waals surface area contributed by atoms with Crippen molar-refractivity contribution >= 4 is 5.91 Å². The van der Waals surface area contributed by atoms with Crippen LogP contribution in [0.2, 0.25) is 0 Å². The number of rotatable bonds is 3. The Labute approximate surface area is 100 Å². The average Bonchev–Trinajstić information content (AvgIpc) is 2.68. The lowest BCUT2D eigenvalue weighted by atomic mass is 10.0. The maximum atomic E-state index is 13.0. The molecule has 2 rings (SSSR count).